The van der Waals surface area contributed by atoms with Gasteiger partial charge in [-0.3, -0.25) is 19.3 Å². The predicted molar refractivity (Wildman–Crippen MR) is 118 cm³/mol. The number of hydrogen-bond acceptors (Lipinski definition) is 4. The van der Waals surface area contributed by atoms with Crippen molar-refractivity contribution in [2.75, 3.05) is 11.9 Å². The Hall–Kier alpha value is -2.57. The van der Waals surface area contributed by atoms with E-state index in [1.165, 1.54) is 5.56 Å². The highest BCUT2D eigenvalue weighted by atomic mass is 35.5. The van der Waals surface area contributed by atoms with E-state index >= 15 is 0 Å². The van der Waals surface area contributed by atoms with Gasteiger partial charge in [0.1, 0.15) is 6.54 Å². The number of carbonyl (C=O) groups is 3. The Bertz CT molecular complexity index is 994. The highest BCUT2D eigenvalue weighted by Gasteiger charge is 2.36. The van der Waals surface area contributed by atoms with E-state index in [-0.39, 0.29) is 12.0 Å². The predicted octanol–water partition coefficient (Wildman–Crippen LogP) is 5.31. The maximum absolute atomic E-state index is 12.6. The van der Waals surface area contributed by atoms with Gasteiger partial charge in [0.15, 0.2) is 0 Å². The highest BCUT2D eigenvalue weighted by Crippen LogP contribution is 2.32. The van der Waals surface area contributed by atoms with Gasteiger partial charge >= 0.3 is 0 Å². The number of anilines is 1. The summed E-state index contributed by atoms with van der Waals surface area (Å²) in [6.45, 7) is 6.01. The smallest absolute Gasteiger partial charge is 0.294 e. The van der Waals surface area contributed by atoms with Gasteiger partial charge in [0.25, 0.3) is 11.1 Å². The normalized spacial score (nSPS) is 15.9. The number of thioether (sulfide) groups is 1. The van der Waals surface area contributed by atoms with E-state index in [1.807, 2.05) is 24.3 Å². The molecule has 1 aliphatic rings. The molecule has 2 aromatic rings. The Morgan fingerprint density at radius 3 is 2.38 bits per heavy atom. The number of nitrogens with one attached hydrogen (secondary N) is 1. The van der Waals surface area contributed by atoms with Crippen molar-refractivity contribution in [3.8, 4) is 0 Å². The van der Waals surface area contributed by atoms with Crippen LogP contribution in [-0.4, -0.2) is 28.5 Å². The lowest BCUT2D eigenvalue weighted by Gasteiger charge is -2.18. The van der Waals surface area contributed by atoms with Crippen molar-refractivity contribution in [1.82, 2.24) is 4.90 Å². The molecule has 0 spiro atoms. The molecule has 150 valence electrons. The van der Waals surface area contributed by atoms with E-state index in [0.717, 1.165) is 22.2 Å². The van der Waals surface area contributed by atoms with Crippen LogP contribution in [0, 0.1) is 0 Å². The molecule has 1 heterocycles. The third-order valence-electron chi connectivity index (χ3n) is 4.40. The van der Waals surface area contributed by atoms with Crippen LogP contribution in [-0.2, 0) is 15.0 Å². The largest absolute Gasteiger partial charge is 0.323 e. The quantitative estimate of drug-likeness (QED) is 0.670. The van der Waals surface area contributed by atoms with Gasteiger partial charge in [-0.15, -0.1) is 0 Å². The second kappa shape index (κ2) is 8.43. The second-order valence-electron chi connectivity index (χ2n) is 7.67. The zero-order chi connectivity index (χ0) is 21.2. The third-order valence-corrected chi connectivity index (χ3v) is 5.63. The fraction of sp³-hybridized carbons (Fsp3) is 0.227. The summed E-state index contributed by atoms with van der Waals surface area (Å²) in [5.41, 5.74) is 2.47. The summed E-state index contributed by atoms with van der Waals surface area (Å²) in [5, 5.41) is 2.53. The topological polar surface area (TPSA) is 66.5 Å². The molecular weight excluding hydrogens is 408 g/mol. The van der Waals surface area contributed by atoms with E-state index in [2.05, 4.69) is 26.1 Å². The minimum absolute atomic E-state index is 0.0331. The number of nitrogens with zero attached hydrogens (tertiary/aromatic N) is 1. The molecule has 0 radical (unpaired) electrons. The molecule has 5 nitrogen and oxygen atoms in total. The maximum atomic E-state index is 12.6. The molecular formula is C22H21ClN2O3S. The number of benzene rings is 2. The molecule has 1 fully saturated rings. The van der Waals surface area contributed by atoms with Gasteiger partial charge in [-0.05, 0) is 46.5 Å². The Balaban J connectivity index is 1.70. The Labute approximate surface area is 179 Å². The zero-order valence-electron chi connectivity index (χ0n) is 16.4. The van der Waals surface area contributed by atoms with Crippen LogP contribution >= 0.6 is 23.4 Å². The van der Waals surface area contributed by atoms with E-state index in [9.17, 15) is 14.4 Å². The van der Waals surface area contributed by atoms with Crippen LogP contribution in [0.3, 0.4) is 0 Å². The lowest BCUT2D eigenvalue weighted by atomic mass is 9.87. The minimum atomic E-state index is -0.490. The number of rotatable bonds is 4. The molecule has 1 aliphatic heterocycles. The van der Waals surface area contributed by atoms with Crippen LogP contribution in [0.2, 0.25) is 5.02 Å². The van der Waals surface area contributed by atoms with Gasteiger partial charge in [-0.2, -0.15) is 0 Å². The van der Waals surface area contributed by atoms with Gasteiger partial charge in [0, 0.05) is 0 Å². The van der Waals surface area contributed by atoms with Gasteiger partial charge < -0.3 is 5.32 Å². The van der Waals surface area contributed by atoms with Crippen molar-refractivity contribution in [3.05, 3.63) is 69.6 Å². The molecule has 7 heteroatoms. The SMILES string of the molecule is CC(C)(C)c1ccc(/C=C2/SC(=O)N(CC(=O)Nc3ccccc3Cl)C2=O)cc1. The lowest BCUT2D eigenvalue weighted by Crippen LogP contribution is -2.36. The Morgan fingerprint density at radius 1 is 1.10 bits per heavy atom. The number of halogens is 1. The molecule has 0 aromatic heterocycles. The van der Waals surface area contributed by atoms with E-state index < -0.39 is 17.1 Å². The second-order valence-corrected chi connectivity index (χ2v) is 9.07. The van der Waals surface area contributed by atoms with Crippen molar-refractivity contribution in [2.45, 2.75) is 26.2 Å². The van der Waals surface area contributed by atoms with Gasteiger partial charge in [0.2, 0.25) is 5.91 Å². The average molecular weight is 429 g/mol. The van der Waals surface area contributed by atoms with Crippen LogP contribution in [0.25, 0.3) is 6.08 Å². The zero-order valence-corrected chi connectivity index (χ0v) is 17.9. The van der Waals surface area contributed by atoms with Crippen LogP contribution in [0.4, 0.5) is 10.5 Å². The molecule has 1 saturated heterocycles. The number of para-hydroxylation sites is 1. The average Bonchev–Trinajstić information content (AvgIpc) is 2.91. The molecule has 0 bridgehead atoms. The molecule has 0 saturated carbocycles. The Morgan fingerprint density at radius 2 is 1.76 bits per heavy atom. The maximum Gasteiger partial charge on any atom is 0.294 e. The first-order valence-electron chi connectivity index (χ1n) is 9.05. The number of amides is 3. The molecule has 2 aromatic carbocycles. The summed E-state index contributed by atoms with van der Waals surface area (Å²) < 4.78 is 0. The van der Waals surface area contributed by atoms with Gasteiger partial charge in [0.05, 0.1) is 15.6 Å². The summed E-state index contributed by atoms with van der Waals surface area (Å²) in [7, 11) is 0. The first kappa shape index (κ1) is 21.1. The standard InChI is InChI=1S/C22H21ClN2O3S/c1-22(2,3)15-10-8-14(9-11-15)12-18-20(27)25(21(28)29-18)13-19(26)24-17-7-5-4-6-16(17)23/h4-12H,13H2,1-3H3,(H,24,26)/b18-12+. The summed E-state index contributed by atoms with van der Waals surface area (Å²) in [4.78, 5) is 38.4. The van der Waals surface area contributed by atoms with Gasteiger partial charge in [-0.25, -0.2) is 0 Å². The van der Waals surface area contributed by atoms with E-state index in [0.29, 0.717) is 15.6 Å². The van der Waals surface area contributed by atoms with Crippen molar-refractivity contribution < 1.29 is 14.4 Å². The van der Waals surface area contributed by atoms with Crippen molar-refractivity contribution >= 4 is 52.2 Å². The first-order valence-corrected chi connectivity index (χ1v) is 10.2. The van der Waals surface area contributed by atoms with Crippen LogP contribution in [0.15, 0.2) is 53.4 Å². The molecule has 0 aliphatic carbocycles. The van der Waals surface area contributed by atoms with Crippen LogP contribution in [0.1, 0.15) is 31.9 Å². The fourth-order valence-electron chi connectivity index (χ4n) is 2.76. The Kier molecular flexibility index (Phi) is 6.15. The minimum Gasteiger partial charge on any atom is -0.323 e. The van der Waals surface area contributed by atoms with E-state index in [4.69, 9.17) is 11.6 Å². The summed E-state index contributed by atoms with van der Waals surface area (Å²) in [6, 6.07) is 14.6. The fourth-order valence-corrected chi connectivity index (χ4v) is 3.78. The molecule has 0 unspecified atom stereocenters. The van der Waals surface area contributed by atoms with Crippen molar-refractivity contribution in [2.24, 2.45) is 0 Å². The van der Waals surface area contributed by atoms with E-state index in [1.54, 1.807) is 30.3 Å². The molecule has 1 N–H and O–H groups in total. The summed E-state index contributed by atoms with van der Waals surface area (Å²) >= 11 is 6.85. The number of imide groups is 1. The molecule has 0 atom stereocenters. The highest BCUT2D eigenvalue weighted by molar-refractivity contribution is 8.18. The number of hydrogen-bond donors (Lipinski definition) is 1. The molecule has 3 amide bonds. The molecule has 3 rings (SSSR count). The summed E-state index contributed by atoms with van der Waals surface area (Å²) in [6.07, 6.45) is 1.67. The molecule has 29 heavy (non-hydrogen) atoms. The van der Waals surface area contributed by atoms with Crippen molar-refractivity contribution in [1.29, 1.82) is 0 Å². The first-order chi connectivity index (χ1) is 13.6. The van der Waals surface area contributed by atoms with Crippen LogP contribution in [0.5, 0.6) is 0 Å². The van der Waals surface area contributed by atoms with Crippen molar-refractivity contribution in [3.63, 3.8) is 0 Å². The monoisotopic (exact) mass is 428 g/mol. The van der Waals surface area contributed by atoms with Crippen LogP contribution < -0.4 is 5.32 Å². The number of carbonyl (C=O) groups excluding carboxylic acids is 3. The lowest BCUT2D eigenvalue weighted by molar-refractivity contribution is -0.127. The van der Waals surface area contributed by atoms with Gasteiger partial charge in [-0.1, -0.05) is 68.8 Å². The third kappa shape index (κ3) is 5.08. The summed E-state index contributed by atoms with van der Waals surface area (Å²) in [5.74, 6) is -0.967.